The minimum atomic E-state index is -4.63. The van der Waals surface area contributed by atoms with Gasteiger partial charge in [0.05, 0.1) is 19.8 Å². The minimum absolute atomic E-state index is 0.152. The highest BCUT2D eigenvalue weighted by molar-refractivity contribution is 7.47. The number of allylic oxidation sites excluding steroid dienone is 12. The van der Waals surface area contributed by atoms with Gasteiger partial charge in [-0.2, -0.15) is 0 Å². The summed E-state index contributed by atoms with van der Waals surface area (Å²) in [5.74, 6) is -0.986. The maximum Gasteiger partial charge on any atom is 0.472 e. The number of unbranched alkanes of at least 4 members (excludes halogenated alkanes) is 9. The Morgan fingerprint density at radius 3 is 1.78 bits per heavy atom. The molecule has 0 rings (SSSR count). The van der Waals surface area contributed by atoms with Gasteiger partial charge in [-0.3, -0.25) is 18.6 Å². The van der Waals surface area contributed by atoms with Crippen molar-refractivity contribution in [2.24, 2.45) is 0 Å². The Morgan fingerprint density at radius 1 is 0.620 bits per heavy atom. The summed E-state index contributed by atoms with van der Waals surface area (Å²) in [5.41, 5.74) is 0. The maximum absolute atomic E-state index is 12.5. The Bertz CT molecular complexity index is 1060. The van der Waals surface area contributed by atoms with Crippen LogP contribution in [0, 0.1) is 0 Å². The molecule has 11 heteroatoms. The summed E-state index contributed by atoms with van der Waals surface area (Å²) in [6, 6.07) is 0. The average molecular weight is 725 g/mol. The standard InChI is InChI=1S/C39H65O10P/c1-3-5-7-9-11-13-15-17-19-20-22-24-26-28-30-38(42)46-34-37(35-48-50(44,45)47-33-36(41)32-40)49-39(43)31-29-27-25-23-21-18-16-14-12-10-8-6-4-2/h5-8,10-14,16-17,19,36-37,40-41H,3-4,9,15,18,20-35H2,1-2H3,(H,44,45)/b7-5+,8-6+,12-10+,13-11+,16-14+,19-17+/t36-,37?/m0/s1. The molecule has 0 heterocycles. The van der Waals surface area contributed by atoms with E-state index in [2.05, 4.69) is 67.0 Å². The highest BCUT2D eigenvalue weighted by atomic mass is 31.2. The summed E-state index contributed by atoms with van der Waals surface area (Å²) in [4.78, 5) is 34.8. The van der Waals surface area contributed by atoms with Crippen molar-refractivity contribution in [3.63, 3.8) is 0 Å². The van der Waals surface area contributed by atoms with Gasteiger partial charge in [-0.25, -0.2) is 4.57 Å². The van der Waals surface area contributed by atoms with E-state index in [1.54, 1.807) is 0 Å². The van der Waals surface area contributed by atoms with Gasteiger partial charge >= 0.3 is 19.8 Å². The van der Waals surface area contributed by atoms with Crippen LogP contribution in [0.3, 0.4) is 0 Å². The van der Waals surface area contributed by atoms with Gasteiger partial charge in [0.25, 0.3) is 0 Å². The molecule has 0 saturated heterocycles. The summed E-state index contributed by atoms with van der Waals surface area (Å²) in [5, 5.41) is 18.3. The zero-order valence-corrected chi connectivity index (χ0v) is 31.5. The highest BCUT2D eigenvalue weighted by Gasteiger charge is 2.27. The lowest BCUT2D eigenvalue weighted by atomic mass is 10.1. The molecule has 0 spiro atoms. The van der Waals surface area contributed by atoms with Crippen molar-refractivity contribution < 1.29 is 47.8 Å². The molecule has 0 saturated carbocycles. The van der Waals surface area contributed by atoms with Crippen molar-refractivity contribution in [2.75, 3.05) is 26.4 Å². The van der Waals surface area contributed by atoms with Gasteiger partial charge < -0.3 is 24.6 Å². The summed E-state index contributed by atoms with van der Waals surface area (Å²) in [6.07, 6.45) is 37.3. The molecule has 3 N–H and O–H groups in total. The first kappa shape index (κ1) is 47.4. The Morgan fingerprint density at radius 2 is 1.14 bits per heavy atom. The predicted molar refractivity (Wildman–Crippen MR) is 200 cm³/mol. The Labute approximate surface area is 301 Å². The zero-order chi connectivity index (χ0) is 37.0. The van der Waals surface area contributed by atoms with Crippen molar-refractivity contribution in [3.8, 4) is 0 Å². The quantitative estimate of drug-likeness (QED) is 0.0197. The third kappa shape index (κ3) is 33.9. The van der Waals surface area contributed by atoms with Crippen molar-refractivity contribution in [2.45, 2.75) is 135 Å². The number of aliphatic hydroxyl groups excluding tert-OH is 2. The summed E-state index contributed by atoms with van der Waals surface area (Å²) >= 11 is 0. The number of phosphoric acid groups is 1. The smallest absolute Gasteiger partial charge is 0.462 e. The first-order valence-corrected chi connectivity index (χ1v) is 19.9. The van der Waals surface area contributed by atoms with Crippen molar-refractivity contribution in [3.05, 3.63) is 72.9 Å². The van der Waals surface area contributed by atoms with Crippen LogP contribution in [-0.2, 0) is 32.7 Å². The lowest BCUT2D eigenvalue weighted by Crippen LogP contribution is -2.29. The highest BCUT2D eigenvalue weighted by Crippen LogP contribution is 2.43. The molecule has 0 aliphatic heterocycles. The molecule has 0 aliphatic carbocycles. The molecule has 286 valence electrons. The fourth-order valence-electron chi connectivity index (χ4n) is 4.36. The molecule has 0 aromatic carbocycles. The van der Waals surface area contributed by atoms with Crippen molar-refractivity contribution >= 4 is 19.8 Å². The Kier molecular flexibility index (Phi) is 33.0. The van der Waals surface area contributed by atoms with E-state index in [-0.39, 0.29) is 19.4 Å². The van der Waals surface area contributed by atoms with E-state index in [0.29, 0.717) is 12.8 Å². The lowest BCUT2D eigenvalue weighted by Gasteiger charge is -2.20. The fraction of sp³-hybridized carbons (Fsp3) is 0.641. The van der Waals surface area contributed by atoms with Crippen LogP contribution in [-0.4, -0.2) is 65.7 Å². The van der Waals surface area contributed by atoms with Crippen LogP contribution in [0.1, 0.15) is 123 Å². The number of hydrogen-bond donors (Lipinski definition) is 3. The molecular weight excluding hydrogens is 659 g/mol. The van der Waals surface area contributed by atoms with Crippen molar-refractivity contribution in [1.82, 2.24) is 0 Å². The molecule has 0 amide bonds. The molecule has 50 heavy (non-hydrogen) atoms. The predicted octanol–water partition coefficient (Wildman–Crippen LogP) is 8.94. The fourth-order valence-corrected chi connectivity index (χ4v) is 5.15. The van der Waals surface area contributed by atoms with Crippen LogP contribution >= 0.6 is 7.82 Å². The van der Waals surface area contributed by atoms with E-state index in [1.165, 1.54) is 0 Å². The van der Waals surface area contributed by atoms with E-state index in [4.69, 9.17) is 19.1 Å². The SMILES string of the molecule is CC/C=C/C=C/C=C/CCCCCCCC(=O)OC(COC(=O)CCCCCC/C=C/C/C=C/C/C=C/CC)COP(=O)(O)OC[C@@H](O)CO. The van der Waals surface area contributed by atoms with E-state index in [0.717, 1.165) is 83.5 Å². The molecule has 0 fully saturated rings. The number of carbonyl (C=O) groups excluding carboxylic acids is 2. The van der Waals surface area contributed by atoms with Crippen LogP contribution in [0.4, 0.5) is 0 Å². The second kappa shape index (κ2) is 34.8. The molecule has 10 nitrogen and oxygen atoms in total. The van der Waals surface area contributed by atoms with E-state index >= 15 is 0 Å². The molecule has 0 bridgehead atoms. The second-order valence-corrected chi connectivity index (χ2v) is 13.3. The van der Waals surface area contributed by atoms with Crippen LogP contribution in [0.15, 0.2) is 72.9 Å². The number of aliphatic hydroxyl groups is 2. The van der Waals surface area contributed by atoms with Crippen LogP contribution < -0.4 is 0 Å². The summed E-state index contributed by atoms with van der Waals surface area (Å²) < 4.78 is 32.5. The molecule has 2 unspecified atom stereocenters. The number of rotatable bonds is 33. The van der Waals surface area contributed by atoms with Crippen LogP contribution in [0.5, 0.6) is 0 Å². The number of carbonyl (C=O) groups is 2. The third-order valence-corrected chi connectivity index (χ3v) is 8.12. The van der Waals surface area contributed by atoms with Crippen LogP contribution in [0.2, 0.25) is 0 Å². The molecule has 0 aromatic heterocycles. The van der Waals surface area contributed by atoms with Gasteiger partial charge in [0.15, 0.2) is 6.10 Å². The second-order valence-electron chi connectivity index (χ2n) is 11.9. The molecule has 0 aromatic rings. The van der Waals surface area contributed by atoms with E-state index in [9.17, 15) is 24.2 Å². The molecular formula is C39H65O10P. The minimum Gasteiger partial charge on any atom is -0.462 e. The molecule has 3 atom stereocenters. The first-order chi connectivity index (χ1) is 24.2. The first-order valence-electron chi connectivity index (χ1n) is 18.4. The largest absolute Gasteiger partial charge is 0.472 e. The van der Waals surface area contributed by atoms with Crippen LogP contribution in [0.25, 0.3) is 0 Å². The van der Waals surface area contributed by atoms with Gasteiger partial charge in [-0.1, -0.05) is 119 Å². The van der Waals surface area contributed by atoms with Gasteiger partial charge in [0.1, 0.15) is 12.7 Å². The number of ether oxygens (including phenoxy) is 2. The summed E-state index contributed by atoms with van der Waals surface area (Å²) in [6.45, 7) is 2.04. The van der Waals surface area contributed by atoms with Gasteiger partial charge in [0.2, 0.25) is 0 Å². The normalized spacial score (nSPS) is 14.9. The number of hydrogen-bond acceptors (Lipinski definition) is 9. The summed E-state index contributed by atoms with van der Waals surface area (Å²) in [7, 11) is -4.63. The van der Waals surface area contributed by atoms with Crippen molar-refractivity contribution in [1.29, 1.82) is 0 Å². The Balaban J connectivity index is 4.47. The van der Waals surface area contributed by atoms with Gasteiger partial charge in [-0.15, -0.1) is 0 Å². The average Bonchev–Trinajstić information content (AvgIpc) is 3.10. The number of phosphoric ester groups is 1. The number of esters is 2. The zero-order valence-electron chi connectivity index (χ0n) is 30.6. The van der Waals surface area contributed by atoms with Gasteiger partial charge in [0, 0.05) is 12.8 Å². The maximum atomic E-state index is 12.5. The third-order valence-electron chi connectivity index (χ3n) is 7.17. The molecule has 0 radical (unpaired) electrons. The lowest BCUT2D eigenvalue weighted by molar-refractivity contribution is -0.161. The Hall–Kier alpha value is -2.59. The van der Waals surface area contributed by atoms with E-state index < -0.39 is 51.8 Å². The van der Waals surface area contributed by atoms with Gasteiger partial charge in [-0.05, 0) is 64.2 Å². The topological polar surface area (TPSA) is 149 Å². The monoisotopic (exact) mass is 724 g/mol. The van der Waals surface area contributed by atoms with E-state index in [1.807, 2.05) is 24.3 Å². The molecule has 0 aliphatic rings.